The molecule has 0 aliphatic carbocycles. The lowest BCUT2D eigenvalue weighted by Gasteiger charge is -2.09. The van der Waals surface area contributed by atoms with Gasteiger partial charge in [-0.05, 0) is 30.1 Å². The van der Waals surface area contributed by atoms with Gasteiger partial charge in [0.05, 0.1) is 11.7 Å². The lowest BCUT2D eigenvalue weighted by Crippen LogP contribution is -2.11. The van der Waals surface area contributed by atoms with Gasteiger partial charge in [0.25, 0.3) is 0 Å². The van der Waals surface area contributed by atoms with Gasteiger partial charge in [0.1, 0.15) is 0 Å². The third-order valence-corrected chi connectivity index (χ3v) is 2.75. The van der Waals surface area contributed by atoms with Crippen molar-refractivity contribution in [2.75, 3.05) is 0 Å². The molecule has 0 spiro atoms. The molecule has 2 nitrogen and oxygen atoms in total. The molecule has 14 heavy (non-hydrogen) atoms. The second-order valence-corrected chi connectivity index (χ2v) is 3.98. The van der Waals surface area contributed by atoms with Crippen LogP contribution in [0.1, 0.15) is 22.9 Å². The van der Waals surface area contributed by atoms with E-state index in [1.807, 2.05) is 23.6 Å². The van der Waals surface area contributed by atoms with E-state index in [1.165, 1.54) is 17.1 Å². The molecule has 1 heterocycles. The zero-order valence-electron chi connectivity index (χ0n) is 7.97. The Labute approximate surface area is 87.6 Å². The zero-order valence-corrected chi connectivity index (χ0v) is 8.79. The van der Waals surface area contributed by atoms with Crippen LogP contribution in [0, 0.1) is 6.92 Å². The van der Waals surface area contributed by atoms with Crippen molar-refractivity contribution in [2.24, 2.45) is 5.73 Å². The minimum atomic E-state index is -0.0962. The van der Waals surface area contributed by atoms with E-state index < -0.39 is 0 Å². The summed E-state index contributed by atoms with van der Waals surface area (Å²) in [4.78, 5) is 0. The van der Waals surface area contributed by atoms with Gasteiger partial charge in [0.15, 0.2) is 0 Å². The first kappa shape index (κ1) is 9.37. The average molecular weight is 204 g/mol. The fraction of sp³-hybridized carbons (Fsp3) is 0.182. The minimum absolute atomic E-state index is 0.0962. The van der Waals surface area contributed by atoms with Crippen LogP contribution in [-0.4, -0.2) is 4.37 Å². The van der Waals surface area contributed by atoms with Crippen LogP contribution in [-0.2, 0) is 0 Å². The Bertz CT molecular complexity index is 409. The summed E-state index contributed by atoms with van der Waals surface area (Å²) in [6, 6.07) is 10.1. The quantitative estimate of drug-likeness (QED) is 0.816. The fourth-order valence-electron chi connectivity index (χ4n) is 1.42. The summed E-state index contributed by atoms with van der Waals surface area (Å²) in [5.41, 5.74) is 9.37. The first-order valence-corrected chi connectivity index (χ1v) is 5.33. The van der Waals surface area contributed by atoms with Gasteiger partial charge in [-0.3, -0.25) is 0 Å². The maximum atomic E-state index is 6.07. The lowest BCUT2D eigenvalue weighted by molar-refractivity contribution is 0.845. The number of nitrogens with zero attached hydrogens (tertiary/aromatic N) is 1. The number of nitrogens with two attached hydrogens (primary N) is 1. The van der Waals surface area contributed by atoms with Crippen molar-refractivity contribution in [1.29, 1.82) is 0 Å². The molecule has 2 N–H and O–H groups in total. The van der Waals surface area contributed by atoms with E-state index in [0.717, 1.165) is 11.3 Å². The van der Waals surface area contributed by atoms with E-state index in [1.54, 1.807) is 0 Å². The molecule has 1 unspecified atom stereocenters. The summed E-state index contributed by atoms with van der Waals surface area (Å²) in [6.45, 7) is 2.07. The van der Waals surface area contributed by atoms with Gasteiger partial charge in [-0.25, -0.2) is 0 Å². The molecular weight excluding hydrogens is 192 g/mol. The van der Waals surface area contributed by atoms with E-state index in [4.69, 9.17) is 5.73 Å². The molecule has 0 aliphatic heterocycles. The van der Waals surface area contributed by atoms with Crippen LogP contribution in [0.2, 0.25) is 0 Å². The molecule has 0 radical (unpaired) electrons. The largest absolute Gasteiger partial charge is 0.319 e. The monoisotopic (exact) mass is 204 g/mol. The van der Waals surface area contributed by atoms with Gasteiger partial charge < -0.3 is 5.73 Å². The van der Waals surface area contributed by atoms with Crippen LogP contribution in [0.4, 0.5) is 0 Å². The van der Waals surface area contributed by atoms with Crippen molar-refractivity contribution in [3.05, 3.63) is 52.5 Å². The van der Waals surface area contributed by atoms with Gasteiger partial charge in [-0.2, -0.15) is 4.37 Å². The van der Waals surface area contributed by atoms with Gasteiger partial charge >= 0.3 is 0 Å². The molecule has 0 aliphatic rings. The highest BCUT2D eigenvalue weighted by molar-refractivity contribution is 7.03. The highest BCUT2D eigenvalue weighted by Crippen LogP contribution is 2.19. The van der Waals surface area contributed by atoms with Crippen LogP contribution in [0.3, 0.4) is 0 Å². The highest BCUT2D eigenvalue weighted by atomic mass is 32.1. The number of aromatic nitrogens is 1. The maximum Gasteiger partial charge on any atom is 0.0754 e. The second kappa shape index (κ2) is 3.90. The van der Waals surface area contributed by atoms with E-state index in [-0.39, 0.29) is 6.04 Å². The SMILES string of the molecule is Cc1cccc(C(N)c2ccsn2)c1. The molecule has 2 aromatic rings. The van der Waals surface area contributed by atoms with Crippen molar-refractivity contribution in [3.8, 4) is 0 Å². The van der Waals surface area contributed by atoms with Gasteiger partial charge in [-0.15, -0.1) is 0 Å². The molecule has 0 fully saturated rings. The molecule has 0 amide bonds. The molecule has 3 heteroatoms. The van der Waals surface area contributed by atoms with Gasteiger partial charge in [0, 0.05) is 5.38 Å². The second-order valence-electron chi connectivity index (χ2n) is 3.32. The van der Waals surface area contributed by atoms with E-state index in [0.29, 0.717) is 0 Å². The lowest BCUT2D eigenvalue weighted by atomic mass is 10.0. The molecular formula is C11H12N2S. The van der Waals surface area contributed by atoms with E-state index in [2.05, 4.69) is 23.4 Å². The Kier molecular flexibility index (Phi) is 2.61. The van der Waals surface area contributed by atoms with Crippen molar-refractivity contribution < 1.29 is 0 Å². The van der Waals surface area contributed by atoms with Gasteiger partial charge in [-0.1, -0.05) is 29.8 Å². The van der Waals surface area contributed by atoms with Gasteiger partial charge in [0.2, 0.25) is 0 Å². The van der Waals surface area contributed by atoms with Crippen molar-refractivity contribution in [1.82, 2.24) is 4.37 Å². The Morgan fingerprint density at radius 3 is 2.86 bits per heavy atom. The average Bonchev–Trinajstić information content (AvgIpc) is 2.69. The Morgan fingerprint density at radius 1 is 1.36 bits per heavy atom. The van der Waals surface area contributed by atoms with Crippen molar-refractivity contribution >= 4 is 11.5 Å². The summed E-state index contributed by atoms with van der Waals surface area (Å²) in [5, 5.41) is 1.95. The highest BCUT2D eigenvalue weighted by Gasteiger charge is 2.10. The van der Waals surface area contributed by atoms with Crippen LogP contribution < -0.4 is 5.73 Å². The van der Waals surface area contributed by atoms with Crippen LogP contribution in [0.25, 0.3) is 0 Å². The predicted molar refractivity (Wildman–Crippen MR) is 59.3 cm³/mol. The zero-order chi connectivity index (χ0) is 9.97. The Balaban J connectivity index is 2.32. The first-order valence-electron chi connectivity index (χ1n) is 4.50. The molecule has 1 atom stereocenters. The summed E-state index contributed by atoms with van der Waals surface area (Å²) in [5.74, 6) is 0. The van der Waals surface area contributed by atoms with Crippen LogP contribution >= 0.6 is 11.5 Å². The number of benzene rings is 1. The number of hydrogen-bond donors (Lipinski definition) is 1. The normalized spacial score (nSPS) is 12.7. The molecule has 0 bridgehead atoms. The molecule has 72 valence electrons. The molecule has 0 saturated heterocycles. The summed E-state index contributed by atoms with van der Waals surface area (Å²) < 4.78 is 4.24. The smallest absolute Gasteiger partial charge is 0.0754 e. The number of rotatable bonds is 2. The fourth-order valence-corrected chi connectivity index (χ4v) is 1.97. The minimum Gasteiger partial charge on any atom is -0.319 e. The topological polar surface area (TPSA) is 38.9 Å². The molecule has 1 aromatic heterocycles. The van der Waals surface area contributed by atoms with Crippen molar-refractivity contribution in [3.63, 3.8) is 0 Å². The Hall–Kier alpha value is -1.19. The van der Waals surface area contributed by atoms with E-state index >= 15 is 0 Å². The number of aryl methyl sites for hydroxylation is 1. The standard InChI is InChI=1S/C11H12N2S/c1-8-3-2-4-9(7-8)11(12)10-5-6-14-13-10/h2-7,11H,12H2,1H3. The summed E-state index contributed by atoms with van der Waals surface area (Å²) in [6.07, 6.45) is 0. The van der Waals surface area contributed by atoms with Crippen LogP contribution in [0.15, 0.2) is 35.7 Å². The first-order chi connectivity index (χ1) is 6.77. The third kappa shape index (κ3) is 1.84. The third-order valence-electron chi connectivity index (χ3n) is 2.18. The van der Waals surface area contributed by atoms with Crippen LogP contribution in [0.5, 0.6) is 0 Å². The maximum absolute atomic E-state index is 6.07. The number of hydrogen-bond acceptors (Lipinski definition) is 3. The van der Waals surface area contributed by atoms with Crippen molar-refractivity contribution in [2.45, 2.75) is 13.0 Å². The predicted octanol–water partition coefficient (Wildman–Crippen LogP) is 2.50. The van der Waals surface area contributed by atoms with E-state index in [9.17, 15) is 0 Å². The Morgan fingerprint density at radius 2 is 2.21 bits per heavy atom. The molecule has 2 rings (SSSR count). The molecule has 0 saturated carbocycles. The summed E-state index contributed by atoms with van der Waals surface area (Å²) in [7, 11) is 0. The molecule has 1 aromatic carbocycles. The summed E-state index contributed by atoms with van der Waals surface area (Å²) >= 11 is 1.44.